The van der Waals surface area contributed by atoms with Crippen LogP contribution in [0, 0.1) is 0 Å². The fourth-order valence-electron chi connectivity index (χ4n) is 1.07. The molecule has 0 aromatic rings. The summed E-state index contributed by atoms with van der Waals surface area (Å²) in [4.78, 5) is 0. The molecule has 0 aromatic carbocycles. The average Bonchev–Trinajstić information content (AvgIpc) is 2.01. The lowest BCUT2D eigenvalue weighted by Crippen LogP contribution is -2.45. The highest BCUT2D eigenvalue weighted by atomic mass is 32.3. The topological polar surface area (TPSA) is 88.5 Å². The van der Waals surface area contributed by atoms with Gasteiger partial charge in [-0.25, -0.2) is 12.8 Å². The van der Waals surface area contributed by atoms with Crippen molar-refractivity contribution in [3.05, 3.63) is 0 Å². The molecular formula is C7H15FO5S2. The molecule has 0 aliphatic rings. The van der Waals surface area contributed by atoms with Crippen molar-refractivity contribution in [2.24, 2.45) is 0 Å². The van der Waals surface area contributed by atoms with Gasteiger partial charge in [0.2, 0.25) is 9.84 Å². The second kappa shape index (κ2) is 4.34. The van der Waals surface area contributed by atoms with Crippen LogP contribution in [0.25, 0.3) is 0 Å². The maximum Gasteiger partial charge on any atom is 0.333 e. The minimum atomic E-state index is -5.28. The molecule has 0 spiro atoms. The quantitative estimate of drug-likeness (QED) is 0.750. The van der Waals surface area contributed by atoms with Gasteiger partial charge in [0.1, 0.15) is 0 Å². The van der Waals surface area contributed by atoms with Crippen LogP contribution in [-0.4, -0.2) is 31.0 Å². The van der Waals surface area contributed by atoms with Gasteiger partial charge in [0.25, 0.3) is 0 Å². The fraction of sp³-hybridized carbons (Fsp3) is 1.00. The molecule has 0 rings (SSSR count). The summed E-state index contributed by atoms with van der Waals surface area (Å²) in [5.41, 5.74) is 0. The van der Waals surface area contributed by atoms with Gasteiger partial charge in [-0.15, -0.1) is 0 Å². The van der Waals surface area contributed by atoms with E-state index in [2.05, 4.69) is 0 Å². The first-order chi connectivity index (χ1) is 6.50. The monoisotopic (exact) mass is 262 g/mol. The van der Waals surface area contributed by atoms with Gasteiger partial charge in [-0.1, -0.05) is 13.3 Å². The molecule has 1 N–H and O–H groups in total. The minimum absolute atomic E-state index is 0.0117. The van der Waals surface area contributed by atoms with Crippen molar-refractivity contribution >= 4 is 20.0 Å². The lowest BCUT2D eigenvalue weighted by atomic mass is 10.4. The van der Waals surface area contributed by atoms with Crippen LogP contribution in [0.4, 0.5) is 4.39 Å². The Morgan fingerprint density at radius 3 is 1.87 bits per heavy atom. The van der Waals surface area contributed by atoms with Gasteiger partial charge in [-0.3, -0.25) is 4.55 Å². The van der Waals surface area contributed by atoms with Gasteiger partial charge in [0.15, 0.2) is 0 Å². The molecule has 0 radical (unpaired) electrons. The molecule has 0 amide bonds. The first kappa shape index (κ1) is 14.8. The van der Waals surface area contributed by atoms with Crippen LogP contribution in [0.5, 0.6) is 0 Å². The standard InChI is InChI=1S/C7H15FO5S2/c1-4-5-7(8,15(11,12)13)14(9,10)6(2)3/h6H,4-5H2,1-3H3,(H,11,12,13). The van der Waals surface area contributed by atoms with Crippen LogP contribution in [0.1, 0.15) is 33.6 Å². The zero-order chi connectivity index (χ0) is 12.5. The normalized spacial score (nSPS) is 17.7. The van der Waals surface area contributed by atoms with E-state index in [1.807, 2.05) is 0 Å². The molecule has 0 saturated carbocycles. The molecule has 0 heterocycles. The molecule has 0 aliphatic heterocycles. The molecule has 5 nitrogen and oxygen atoms in total. The first-order valence-electron chi connectivity index (χ1n) is 4.40. The van der Waals surface area contributed by atoms with Crippen molar-refractivity contribution in [1.82, 2.24) is 0 Å². The van der Waals surface area contributed by atoms with Gasteiger partial charge in [-0.2, -0.15) is 8.42 Å². The molecule has 0 aliphatic carbocycles. The fourth-order valence-corrected chi connectivity index (χ4v) is 4.47. The van der Waals surface area contributed by atoms with E-state index in [0.29, 0.717) is 0 Å². The maximum atomic E-state index is 13.9. The van der Waals surface area contributed by atoms with Crippen LogP contribution in [0.2, 0.25) is 0 Å². The third-order valence-corrected chi connectivity index (χ3v) is 6.58. The van der Waals surface area contributed by atoms with Gasteiger partial charge < -0.3 is 0 Å². The summed E-state index contributed by atoms with van der Waals surface area (Å²) in [5, 5.41) is -1.21. The van der Waals surface area contributed by atoms with E-state index in [1.54, 1.807) is 0 Å². The van der Waals surface area contributed by atoms with Crippen molar-refractivity contribution in [3.8, 4) is 0 Å². The van der Waals surface area contributed by atoms with Gasteiger partial charge in [0.05, 0.1) is 5.25 Å². The summed E-state index contributed by atoms with van der Waals surface area (Å²) in [5.74, 6) is 0. The van der Waals surface area contributed by atoms with E-state index in [-0.39, 0.29) is 6.42 Å². The number of halogens is 1. The van der Waals surface area contributed by atoms with E-state index in [9.17, 15) is 21.2 Å². The Balaban J connectivity index is 5.74. The van der Waals surface area contributed by atoms with Crippen LogP contribution in [-0.2, 0) is 20.0 Å². The van der Waals surface area contributed by atoms with Crippen molar-refractivity contribution in [2.75, 3.05) is 0 Å². The summed E-state index contributed by atoms with van der Waals surface area (Å²) >= 11 is 0. The van der Waals surface area contributed by atoms with E-state index in [1.165, 1.54) is 6.92 Å². The molecule has 1 atom stereocenters. The lowest BCUT2D eigenvalue weighted by Gasteiger charge is -2.23. The third-order valence-electron chi connectivity index (χ3n) is 1.98. The smallest absolute Gasteiger partial charge is 0.282 e. The van der Waals surface area contributed by atoms with Gasteiger partial charge >= 0.3 is 14.5 Å². The molecule has 8 heteroatoms. The van der Waals surface area contributed by atoms with E-state index in [0.717, 1.165) is 13.8 Å². The maximum absolute atomic E-state index is 13.9. The number of hydrogen-bond acceptors (Lipinski definition) is 4. The van der Waals surface area contributed by atoms with Crippen molar-refractivity contribution in [1.29, 1.82) is 0 Å². The minimum Gasteiger partial charge on any atom is -0.282 e. The molecule has 0 aromatic heterocycles. The third kappa shape index (κ3) is 2.48. The number of hydrogen-bond donors (Lipinski definition) is 1. The molecule has 0 saturated heterocycles. The number of sulfone groups is 1. The summed E-state index contributed by atoms with van der Waals surface area (Å²) in [6.45, 7) is 3.74. The Labute approximate surface area is 89.3 Å². The lowest BCUT2D eigenvalue weighted by molar-refractivity contribution is 0.306. The Hall–Kier alpha value is -0.210. The Bertz CT molecular complexity index is 411. The second-order valence-corrected chi connectivity index (χ2v) is 8.01. The predicted molar refractivity (Wildman–Crippen MR) is 54.4 cm³/mol. The van der Waals surface area contributed by atoms with Gasteiger partial charge in [0, 0.05) is 6.42 Å². The van der Waals surface area contributed by atoms with Crippen LogP contribution in [0.3, 0.4) is 0 Å². The van der Waals surface area contributed by atoms with E-state index >= 15 is 0 Å². The van der Waals surface area contributed by atoms with E-state index in [4.69, 9.17) is 4.55 Å². The SMILES string of the molecule is CCCC(F)(S(=O)(=O)O)S(=O)(=O)C(C)C. The van der Waals surface area contributed by atoms with Crippen LogP contribution in [0.15, 0.2) is 0 Å². The summed E-state index contributed by atoms with van der Waals surface area (Å²) in [6, 6.07) is 0. The summed E-state index contributed by atoms with van der Waals surface area (Å²) in [6.07, 6.45) is -0.783. The number of alkyl halides is 1. The van der Waals surface area contributed by atoms with Crippen molar-refractivity contribution in [3.63, 3.8) is 0 Å². The van der Waals surface area contributed by atoms with Crippen LogP contribution >= 0.6 is 0 Å². The van der Waals surface area contributed by atoms with Crippen LogP contribution < -0.4 is 0 Å². The van der Waals surface area contributed by atoms with E-state index < -0.39 is 36.0 Å². The molecule has 0 fully saturated rings. The predicted octanol–water partition coefficient (Wildman–Crippen LogP) is 1.12. The largest absolute Gasteiger partial charge is 0.333 e. The highest BCUT2D eigenvalue weighted by Gasteiger charge is 2.56. The molecular weight excluding hydrogens is 247 g/mol. The molecule has 0 bridgehead atoms. The van der Waals surface area contributed by atoms with Crippen molar-refractivity contribution in [2.45, 2.75) is 43.2 Å². The highest BCUT2D eigenvalue weighted by Crippen LogP contribution is 2.33. The number of rotatable bonds is 5. The zero-order valence-corrected chi connectivity index (χ0v) is 10.4. The summed E-state index contributed by atoms with van der Waals surface area (Å²) < 4.78 is 63.5. The Morgan fingerprint density at radius 1 is 1.27 bits per heavy atom. The first-order valence-corrected chi connectivity index (χ1v) is 7.38. The molecule has 15 heavy (non-hydrogen) atoms. The van der Waals surface area contributed by atoms with Crippen molar-refractivity contribution < 1.29 is 25.8 Å². The molecule has 1 unspecified atom stereocenters. The Kier molecular flexibility index (Phi) is 4.28. The highest BCUT2D eigenvalue weighted by molar-refractivity contribution is 8.08. The molecule has 92 valence electrons. The second-order valence-electron chi connectivity index (χ2n) is 3.48. The van der Waals surface area contributed by atoms with Gasteiger partial charge in [-0.05, 0) is 13.8 Å². The Morgan fingerprint density at radius 2 is 1.67 bits per heavy atom. The zero-order valence-electron chi connectivity index (χ0n) is 8.77. The average molecular weight is 262 g/mol. The summed E-state index contributed by atoms with van der Waals surface area (Å²) in [7, 11) is -9.85.